The van der Waals surface area contributed by atoms with Gasteiger partial charge in [-0.15, -0.1) is 0 Å². The summed E-state index contributed by atoms with van der Waals surface area (Å²) in [6.07, 6.45) is 2.29. The molecule has 1 fully saturated rings. The minimum atomic E-state index is -0.425. The highest BCUT2D eigenvalue weighted by molar-refractivity contribution is 5.71. The molecule has 1 rings (SSSR count). The van der Waals surface area contributed by atoms with E-state index in [1.807, 2.05) is 20.8 Å². The van der Waals surface area contributed by atoms with Gasteiger partial charge in [-0.05, 0) is 40.2 Å². The predicted molar refractivity (Wildman–Crippen MR) is 57.7 cm³/mol. The Labute approximate surface area is 91.3 Å². The maximum atomic E-state index is 11.3. The third-order valence-electron chi connectivity index (χ3n) is 2.11. The van der Waals surface area contributed by atoms with Gasteiger partial charge in [-0.2, -0.15) is 0 Å². The van der Waals surface area contributed by atoms with Crippen LogP contribution in [0.1, 0.15) is 33.6 Å². The molecular weight excluding hydrogens is 194 g/mol. The zero-order chi connectivity index (χ0) is 11.3. The van der Waals surface area contributed by atoms with Crippen molar-refractivity contribution in [1.29, 1.82) is 0 Å². The zero-order valence-electron chi connectivity index (χ0n) is 9.84. The molecule has 0 spiro atoms. The molecule has 4 heteroatoms. The van der Waals surface area contributed by atoms with Gasteiger partial charge < -0.3 is 14.8 Å². The van der Waals surface area contributed by atoms with Crippen LogP contribution >= 0.6 is 0 Å². The Hall–Kier alpha value is -0.610. The summed E-state index contributed by atoms with van der Waals surface area (Å²) in [4.78, 5) is 11.3. The van der Waals surface area contributed by atoms with Gasteiger partial charge in [0.2, 0.25) is 0 Å². The summed E-state index contributed by atoms with van der Waals surface area (Å²) in [5.74, 6) is -0.284. The highest BCUT2D eigenvalue weighted by Gasteiger charge is 2.19. The van der Waals surface area contributed by atoms with E-state index in [2.05, 4.69) is 5.32 Å². The molecule has 0 aromatic heterocycles. The van der Waals surface area contributed by atoms with E-state index in [-0.39, 0.29) is 18.7 Å². The fourth-order valence-corrected chi connectivity index (χ4v) is 1.52. The van der Waals surface area contributed by atoms with E-state index in [9.17, 15) is 4.79 Å². The topological polar surface area (TPSA) is 47.6 Å². The summed E-state index contributed by atoms with van der Waals surface area (Å²) in [5.41, 5.74) is -0.425. The summed E-state index contributed by atoms with van der Waals surface area (Å²) in [7, 11) is 0. The maximum Gasteiger partial charge on any atom is 0.332 e. The molecule has 1 heterocycles. The van der Waals surface area contributed by atoms with Gasteiger partial charge >= 0.3 is 5.97 Å². The molecule has 0 radical (unpaired) electrons. The smallest absolute Gasteiger partial charge is 0.332 e. The number of hydrogen-bond donors (Lipinski definition) is 1. The fraction of sp³-hybridized carbons (Fsp3) is 0.909. The molecule has 0 aliphatic carbocycles. The van der Waals surface area contributed by atoms with Crippen molar-refractivity contribution in [3.05, 3.63) is 0 Å². The zero-order valence-corrected chi connectivity index (χ0v) is 9.84. The van der Waals surface area contributed by atoms with Crippen LogP contribution in [0, 0.1) is 0 Å². The summed E-state index contributed by atoms with van der Waals surface area (Å²) in [6.45, 7) is 7.51. The van der Waals surface area contributed by atoms with Gasteiger partial charge in [-0.25, -0.2) is 4.79 Å². The lowest BCUT2D eigenvalue weighted by molar-refractivity contribution is -0.162. The van der Waals surface area contributed by atoms with E-state index in [0.717, 1.165) is 25.9 Å². The summed E-state index contributed by atoms with van der Waals surface area (Å²) < 4.78 is 10.6. The predicted octanol–water partition coefficient (Wildman–Crippen LogP) is 1.10. The third-order valence-corrected chi connectivity index (χ3v) is 2.11. The number of esters is 1. The van der Waals surface area contributed by atoms with Crippen LogP contribution in [0.5, 0.6) is 0 Å². The number of hydrogen-bond acceptors (Lipinski definition) is 4. The van der Waals surface area contributed by atoms with E-state index in [1.165, 1.54) is 0 Å². The van der Waals surface area contributed by atoms with E-state index < -0.39 is 5.60 Å². The van der Waals surface area contributed by atoms with Crippen molar-refractivity contribution < 1.29 is 14.3 Å². The molecule has 1 N–H and O–H groups in total. The van der Waals surface area contributed by atoms with Crippen LogP contribution in [0.15, 0.2) is 0 Å². The van der Waals surface area contributed by atoms with Crippen LogP contribution in [0.25, 0.3) is 0 Å². The van der Waals surface area contributed by atoms with Gasteiger partial charge in [-0.3, -0.25) is 0 Å². The average Bonchev–Trinajstić information content (AvgIpc) is 2.14. The second-order valence-electron chi connectivity index (χ2n) is 4.87. The highest BCUT2D eigenvalue weighted by Crippen LogP contribution is 2.09. The molecule has 0 amide bonds. The van der Waals surface area contributed by atoms with Crippen LogP contribution in [0.2, 0.25) is 0 Å². The van der Waals surface area contributed by atoms with E-state index in [4.69, 9.17) is 9.47 Å². The lowest BCUT2D eigenvalue weighted by Gasteiger charge is -2.24. The summed E-state index contributed by atoms with van der Waals surface area (Å²) in [5, 5.41) is 3.23. The molecule has 88 valence electrons. The molecule has 0 unspecified atom stereocenters. The first-order valence-corrected chi connectivity index (χ1v) is 5.51. The van der Waals surface area contributed by atoms with Crippen molar-refractivity contribution in [3.63, 3.8) is 0 Å². The normalized spacial score (nSPS) is 22.5. The second kappa shape index (κ2) is 5.47. The van der Waals surface area contributed by atoms with E-state index in [0.29, 0.717) is 0 Å². The van der Waals surface area contributed by atoms with Gasteiger partial charge in [0.05, 0.1) is 6.10 Å². The Kier molecular flexibility index (Phi) is 4.54. The van der Waals surface area contributed by atoms with Crippen molar-refractivity contribution in [2.75, 3.05) is 19.7 Å². The highest BCUT2D eigenvalue weighted by atomic mass is 16.6. The van der Waals surface area contributed by atoms with Gasteiger partial charge in [-0.1, -0.05) is 0 Å². The molecule has 1 atom stereocenters. The summed E-state index contributed by atoms with van der Waals surface area (Å²) >= 11 is 0. The first-order chi connectivity index (χ1) is 6.97. The number of carbonyl (C=O) groups is 1. The van der Waals surface area contributed by atoms with Gasteiger partial charge in [0.15, 0.2) is 0 Å². The van der Waals surface area contributed by atoms with Gasteiger partial charge in [0.1, 0.15) is 12.2 Å². The first-order valence-electron chi connectivity index (χ1n) is 5.51. The molecule has 0 aromatic rings. The van der Waals surface area contributed by atoms with E-state index >= 15 is 0 Å². The molecule has 15 heavy (non-hydrogen) atoms. The molecule has 0 aromatic carbocycles. The Morgan fingerprint density at radius 1 is 1.47 bits per heavy atom. The quantitative estimate of drug-likeness (QED) is 0.716. The molecule has 0 saturated carbocycles. The molecule has 1 aliphatic heterocycles. The van der Waals surface area contributed by atoms with Crippen LogP contribution in [0.4, 0.5) is 0 Å². The molecule has 1 saturated heterocycles. The third kappa shape index (κ3) is 5.74. The number of ether oxygens (including phenoxy) is 2. The molecule has 0 bridgehead atoms. The second-order valence-corrected chi connectivity index (χ2v) is 4.87. The number of rotatable bonds is 3. The summed E-state index contributed by atoms with van der Waals surface area (Å²) in [6, 6.07) is 0. The number of carbonyl (C=O) groups excluding carboxylic acids is 1. The Morgan fingerprint density at radius 3 is 2.73 bits per heavy atom. The van der Waals surface area contributed by atoms with Crippen molar-refractivity contribution in [2.45, 2.75) is 45.3 Å². The van der Waals surface area contributed by atoms with Crippen LogP contribution in [0.3, 0.4) is 0 Å². The lowest BCUT2D eigenvalue weighted by Crippen LogP contribution is -2.37. The van der Waals surface area contributed by atoms with E-state index in [1.54, 1.807) is 0 Å². The molecule has 4 nitrogen and oxygen atoms in total. The van der Waals surface area contributed by atoms with Crippen LogP contribution < -0.4 is 5.32 Å². The molecule has 1 aliphatic rings. The Morgan fingerprint density at radius 2 is 2.20 bits per heavy atom. The number of piperidine rings is 1. The Bertz CT molecular complexity index is 204. The van der Waals surface area contributed by atoms with Crippen LogP contribution in [-0.4, -0.2) is 37.4 Å². The monoisotopic (exact) mass is 215 g/mol. The first kappa shape index (κ1) is 12.5. The lowest BCUT2D eigenvalue weighted by atomic mass is 10.1. The van der Waals surface area contributed by atoms with Crippen molar-refractivity contribution >= 4 is 5.97 Å². The van der Waals surface area contributed by atoms with Crippen LogP contribution in [-0.2, 0) is 14.3 Å². The maximum absolute atomic E-state index is 11.3. The Balaban J connectivity index is 2.15. The largest absolute Gasteiger partial charge is 0.458 e. The molecular formula is C11H21NO3. The average molecular weight is 215 g/mol. The minimum absolute atomic E-state index is 0.0591. The van der Waals surface area contributed by atoms with Gasteiger partial charge in [0, 0.05) is 6.54 Å². The SMILES string of the molecule is CC(C)(C)OC(=O)CO[C@H]1CCCNC1. The van der Waals surface area contributed by atoms with Crippen molar-refractivity contribution in [3.8, 4) is 0 Å². The van der Waals surface area contributed by atoms with Crippen molar-refractivity contribution in [2.24, 2.45) is 0 Å². The number of nitrogens with one attached hydrogen (secondary N) is 1. The van der Waals surface area contributed by atoms with Crippen molar-refractivity contribution in [1.82, 2.24) is 5.32 Å². The fourth-order valence-electron chi connectivity index (χ4n) is 1.52. The standard InChI is InChI=1S/C11H21NO3/c1-11(2,3)15-10(13)8-14-9-5-4-6-12-7-9/h9,12H,4-8H2,1-3H3/t9-/m0/s1. The van der Waals surface area contributed by atoms with Gasteiger partial charge in [0.25, 0.3) is 0 Å². The minimum Gasteiger partial charge on any atom is -0.458 e.